The zero-order valence-electron chi connectivity index (χ0n) is 17.9. The Morgan fingerprint density at radius 3 is 2.40 bits per heavy atom. The number of rotatable bonds is 8. The normalized spacial score (nSPS) is 19.5. The molecule has 0 bridgehead atoms. The molecule has 0 aliphatic carbocycles. The molecule has 1 rings (SSSR count). The second-order valence-electron chi connectivity index (χ2n) is 6.58. The molecule has 0 saturated carbocycles. The molecule has 1 aliphatic rings. The van der Waals surface area contributed by atoms with Crippen molar-refractivity contribution in [1.82, 2.24) is 5.32 Å². The van der Waals surface area contributed by atoms with Crippen LogP contribution in [0.25, 0.3) is 0 Å². The summed E-state index contributed by atoms with van der Waals surface area (Å²) in [6.45, 7) is 6.49. The number of allylic oxidation sites excluding steroid dienone is 9. The second-order valence-corrected chi connectivity index (χ2v) is 6.58. The molecule has 1 aliphatic heterocycles. The number of carbonyl (C=O) groups excluding carboxylic acids is 4. The summed E-state index contributed by atoms with van der Waals surface area (Å²) in [6.07, 6.45) is 13.3. The fourth-order valence-corrected chi connectivity index (χ4v) is 2.55. The van der Waals surface area contributed by atoms with Crippen LogP contribution in [-0.4, -0.2) is 30.7 Å². The summed E-state index contributed by atoms with van der Waals surface area (Å²) < 4.78 is 9.42. The molecule has 1 fully saturated rings. The molecule has 0 aromatic carbocycles. The van der Waals surface area contributed by atoms with Gasteiger partial charge in [-0.2, -0.15) is 0 Å². The Hall–Kier alpha value is -3.48. The average Bonchev–Trinajstić information content (AvgIpc) is 3.09. The van der Waals surface area contributed by atoms with Crippen molar-refractivity contribution in [2.24, 2.45) is 5.92 Å². The van der Waals surface area contributed by atoms with E-state index in [0.29, 0.717) is 16.8 Å². The van der Waals surface area contributed by atoms with Crippen molar-refractivity contribution in [3.63, 3.8) is 0 Å². The molecule has 7 heteroatoms. The molecular weight excluding hydrogens is 386 g/mol. The molecule has 1 amide bonds. The van der Waals surface area contributed by atoms with Gasteiger partial charge >= 0.3 is 11.9 Å². The van der Waals surface area contributed by atoms with E-state index in [1.165, 1.54) is 14.0 Å². The minimum atomic E-state index is -0.838. The van der Waals surface area contributed by atoms with Crippen LogP contribution in [0.2, 0.25) is 0 Å². The Morgan fingerprint density at radius 2 is 1.80 bits per heavy atom. The van der Waals surface area contributed by atoms with E-state index in [0.717, 1.165) is 11.8 Å². The second kappa shape index (κ2) is 12.2. The van der Waals surface area contributed by atoms with E-state index in [2.05, 4.69) is 5.32 Å². The SMILES string of the molecule is C/C=C(/C=C(C)/C=C/C=C/C=C(\C)C(=O)C1C/C(=C\OC(C)=O)NC1=O)C(=O)OC. The lowest BCUT2D eigenvalue weighted by Gasteiger charge is -2.04. The summed E-state index contributed by atoms with van der Waals surface area (Å²) in [5, 5.41) is 2.54. The number of ketones is 1. The van der Waals surface area contributed by atoms with Gasteiger partial charge in [0, 0.05) is 13.3 Å². The molecular formula is C23H27NO6. The van der Waals surface area contributed by atoms with Crippen molar-refractivity contribution in [1.29, 1.82) is 0 Å². The highest BCUT2D eigenvalue weighted by Crippen LogP contribution is 2.22. The zero-order valence-corrected chi connectivity index (χ0v) is 17.9. The standard InChI is InChI=1S/C23H27NO6/c1-6-18(23(28)29-5)12-15(2)10-8-7-9-11-16(3)21(26)20-13-19(24-22(20)27)14-30-17(4)25/h6-12,14,20H,13H2,1-5H3,(H,24,27)/b9-7+,10-8+,15-12+,16-11+,18-6-,19-14+. The molecule has 0 aromatic rings. The molecule has 0 radical (unpaired) electrons. The lowest BCUT2D eigenvalue weighted by atomic mass is 9.96. The summed E-state index contributed by atoms with van der Waals surface area (Å²) in [6, 6.07) is 0. The number of methoxy groups -OCH3 is 1. The number of carbonyl (C=O) groups is 4. The van der Waals surface area contributed by atoms with Gasteiger partial charge in [0.05, 0.1) is 18.4 Å². The Labute approximate surface area is 176 Å². The molecule has 7 nitrogen and oxygen atoms in total. The van der Waals surface area contributed by atoms with Gasteiger partial charge in [0.2, 0.25) is 5.91 Å². The van der Waals surface area contributed by atoms with Gasteiger partial charge in [0.15, 0.2) is 5.78 Å². The number of hydrogen-bond acceptors (Lipinski definition) is 6. The van der Waals surface area contributed by atoms with E-state index in [1.54, 1.807) is 50.3 Å². The quantitative estimate of drug-likeness (QED) is 0.216. The number of ether oxygens (including phenoxy) is 2. The fourth-order valence-electron chi connectivity index (χ4n) is 2.55. The van der Waals surface area contributed by atoms with Gasteiger partial charge in [-0.05, 0) is 32.4 Å². The number of amides is 1. The van der Waals surface area contributed by atoms with Crippen molar-refractivity contribution in [3.8, 4) is 0 Å². The minimum absolute atomic E-state index is 0.164. The molecule has 1 saturated heterocycles. The van der Waals surface area contributed by atoms with Crippen LogP contribution in [0.5, 0.6) is 0 Å². The highest BCUT2D eigenvalue weighted by atomic mass is 16.5. The third-order valence-corrected chi connectivity index (χ3v) is 4.14. The summed E-state index contributed by atoms with van der Waals surface area (Å²) in [5.74, 6) is -2.45. The third-order valence-electron chi connectivity index (χ3n) is 4.14. The predicted molar refractivity (Wildman–Crippen MR) is 113 cm³/mol. The van der Waals surface area contributed by atoms with Gasteiger partial charge in [-0.15, -0.1) is 0 Å². The summed E-state index contributed by atoms with van der Waals surface area (Å²) in [7, 11) is 1.33. The van der Waals surface area contributed by atoms with Crippen LogP contribution in [0.4, 0.5) is 0 Å². The van der Waals surface area contributed by atoms with E-state index >= 15 is 0 Å². The molecule has 1 unspecified atom stereocenters. The average molecular weight is 413 g/mol. The van der Waals surface area contributed by atoms with Gasteiger partial charge in [-0.1, -0.05) is 42.0 Å². The van der Waals surface area contributed by atoms with E-state index in [9.17, 15) is 19.2 Å². The lowest BCUT2D eigenvalue weighted by Crippen LogP contribution is -2.25. The van der Waals surface area contributed by atoms with E-state index < -0.39 is 23.8 Å². The Balaban J connectivity index is 2.71. The Bertz CT molecular complexity index is 883. The number of hydrogen-bond donors (Lipinski definition) is 1. The first kappa shape index (κ1) is 24.6. The predicted octanol–water partition coefficient (Wildman–Crippen LogP) is 3.22. The first-order valence-corrected chi connectivity index (χ1v) is 9.35. The maximum Gasteiger partial charge on any atom is 0.337 e. The van der Waals surface area contributed by atoms with Crippen LogP contribution in [-0.2, 0) is 28.7 Å². The highest BCUT2D eigenvalue weighted by Gasteiger charge is 2.34. The van der Waals surface area contributed by atoms with Crippen LogP contribution >= 0.6 is 0 Å². The van der Waals surface area contributed by atoms with Crippen LogP contribution < -0.4 is 5.32 Å². The third kappa shape index (κ3) is 7.87. The van der Waals surface area contributed by atoms with E-state index in [-0.39, 0.29) is 12.2 Å². The zero-order chi connectivity index (χ0) is 22.7. The largest absolute Gasteiger partial charge is 0.465 e. The van der Waals surface area contributed by atoms with Crippen molar-refractivity contribution in [2.45, 2.75) is 34.1 Å². The molecule has 0 spiro atoms. The van der Waals surface area contributed by atoms with Gasteiger partial charge in [0.1, 0.15) is 12.2 Å². The molecule has 160 valence electrons. The molecule has 1 N–H and O–H groups in total. The fraction of sp³-hybridized carbons (Fsp3) is 0.304. The van der Waals surface area contributed by atoms with Crippen LogP contribution in [0.1, 0.15) is 34.1 Å². The molecule has 0 aromatic heterocycles. The maximum atomic E-state index is 12.5. The number of Topliss-reactive ketones (excluding diaryl/α,β-unsaturated/α-hetero) is 1. The molecule has 30 heavy (non-hydrogen) atoms. The van der Waals surface area contributed by atoms with Crippen LogP contribution in [0, 0.1) is 5.92 Å². The van der Waals surface area contributed by atoms with Gasteiger partial charge in [0.25, 0.3) is 0 Å². The van der Waals surface area contributed by atoms with Crippen molar-refractivity contribution < 1.29 is 28.7 Å². The van der Waals surface area contributed by atoms with Crippen molar-refractivity contribution >= 4 is 23.6 Å². The Kier molecular flexibility index (Phi) is 9.96. The summed E-state index contributed by atoms with van der Waals surface area (Å²) in [5.41, 5.74) is 2.14. The Morgan fingerprint density at radius 1 is 1.10 bits per heavy atom. The number of esters is 2. The first-order chi connectivity index (χ1) is 14.2. The first-order valence-electron chi connectivity index (χ1n) is 9.35. The minimum Gasteiger partial charge on any atom is -0.465 e. The van der Waals surface area contributed by atoms with Crippen LogP contribution in [0.3, 0.4) is 0 Å². The molecule has 1 atom stereocenters. The molecule has 1 heterocycles. The van der Waals surface area contributed by atoms with Crippen molar-refractivity contribution in [2.75, 3.05) is 7.11 Å². The smallest absolute Gasteiger partial charge is 0.337 e. The number of nitrogens with one attached hydrogen (secondary N) is 1. The maximum absolute atomic E-state index is 12.5. The van der Waals surface area contributed by atoms with Gasteiger partial charge < -0.3 is 14.8 Å². The summed E-state index contributed by atoms with van der Waals surface area (Å²) in [4.78, 5) is 46.9. The van der Waals surface area contributed by atoms with Crippen molar-refractivity contribution in [3.05, 3.63) is 71.2 Å². The van der Waals surface area contributed by atoms with Gasteiger partial charge in [-0.3, -0.25) is 14.4 Å². The van der Waals surface area contributed by atoms with E-state index in [4.69, 9.17) is 9.47 Å². The van der Waals surface area contributed by atoms with Gasteiger partial charge in [-0.25, -0.2) is 4.79 Å². The topological polar surface area (TPSA) is 98.8 Å². The lowest BCUT2D eigenvalue weighted by molar-refractivity contribution is -0.136. The highest BCUT2D eigenvalue weighted by molar-refractivity contribution is 6.11. The van der Waals surface area contributed by atoms with Crippen LogP contribution in [0.15, 0.2) is 71.2 Å². The van der Waals surface area contributed by atoms with E-state index in [1.807, 2.05) is 13.0 Å². The monoisotopic (exact) mass is 413 g/mol. The summed E-state index contributed by atoms with van der Waals surface area (Å²) >= 11 is 0.